The number of esters is 1. The molecule has 0 spiro atoms. The molecular formula is C27H28NO3PS. The van der Waals surface area contributed by atoms with Crippen molar-refractivity contribution in [1.29, 1.82) is 0 Å². The van der Waals surface area contributed by atoms with Gasteiger partial charge in [-0.25, -0.2) is 4.79 Å². The second-order valence-corrected chi connectivity index (χ2v) is 12.2. The lowest BCUT2D eigenvalue weighted by molar-refractivity contribution is -0.137. The second kappa shape index (κ2) is 10.5. The van der Waals surface area contributed by atoms with E-state index in [-0.39, 0.29) is 18.1 Å². The van der Waals surface area contributed by atoms with Gasteiger partial charge >= 0.3 is 5.97 Å². The number of rotatable bonds is 7. The largest absolute Gasteiger partial charge is 0.486 e. The molecule has 0 aliphatic carbocycles. The summed E-state index contributed by atoms with van der Waals surface area (Å²) < 4.78 is 11.2. The van der Waals surface area contributed by atoms with Gasteiger partial charge in [-0.15, -0.1) is 0 Å². The topological polar surface area (TPSA) is 47.6 Å². The van der Waals surface area contributed by atoms with E-state index < -0.39 is 6.19 Å². The average molecular weight is 478 g/mol. The van der Waals surface area contributed by atoms with Crippen molar-refractivity contribution in [3.8, 4) is 5.75 Å². The Labute approximate surface area is 200 Å². The molecule has 3 aromatic rings. The molecule has 2 atom stereocenters. The number of carbonyl (C=O) groups is 1. The number of ether oxygens (including phenoxy) is 2. The molecule has 1 N–H and O–H groups in total. The molecule has 4 nitrogen and oxygen atoms in total. The molecule has 33 heavy (non-hydrogen) atoms. The van der Waals surface area contributed by atoms with Crippen LogP contribution in [-0.2, 0) is 21.3 Å². The molecule has 3 aromatic carbocycles. The minimum absolute atomic E-state index is 0.0308. The van der Waals surface area contributed by atoms with Crippen LogP contribution in [0.3, 0.4) is 0 Å². The summed E-state index contributed by atoms with van der Waals surface area (Å²) in [5.74, 6) is 0.449. The molecule has 0 amide bonds. The van der Waals surface area contributed by atoms with Crippen molar-refractivity contribution in [3.05, 3.63) is 102 Å². The minimum atomic E-state index is -2.33. The summed E-state index contributed by atoms with van der Waals surface area (Å²) >= 11 is 6.42. The minimum Gasteiger partial charge on any atom is -0.486 e. The van der Waals surface area contributed by atoms with E-state index in [0.29, 0.717) is 13.0 Å². The third kappa shape index (κ3) is 5.44. The van der Waals surface area contributed by atoms with Crippen molar-refractivity contribution in [2.45, 2.75) is 32.4 Å². The van der Waals surface area contributed by atoms with Gasteiger partial charge in [-0.1, -0.05) is 90.2 Å². The van der Waals surface area contributed by atoms with E-state index in [1.54, 1.807) is 13.0 Å². The van der Waals surface area contributed by atoms with Crippen molar-refractivity contribution in [2.24, 2.45) is 0 Å². The van der Waals surface area contributed by atoms with E-state index in [4.69, 9.17) is 21.3 Å². The summed E-state index contributed by atoms with van der Waals surface area (Å²) in [6, 6.07) is 26.8. The Hall–Kier alpha value is -2.72. The fourth-order valence-electron chi connectivity index (χ4n) is 4.03. The van der Waals surface area contributed by atoms with Crippen LogP contribution in [0.5, 0.6) is 5.75 Å². The zero-order chi connectivity index (χ0) is 23.3. The molecule has 0 bridgehead atoms. The van der Waals surface area contributed by atoms with E-state index in [1.807, 2.05) is 48.5 Å². The molecule has 2 unspecified atom stereocenters. The number of benzene rings is 3. The average Bonchev–Trinajstić information content (AvgIpc) is 2.84. The van der Waals surface area contributed by atoms with E-state index in [2.05, 4.69) is 42.3 Å². The lowest BCUT2D eigenvalue weighted by Gasteiger charge is -2.36. The van der Waals surface area contributed by atoms with Crippen molar-refractivity contribution < 1.29 is 14.3 Å². The number of fused-ring (bicyclic) bond motifs is 1. The van der Waals surface area contributed by atoms with Crippen LogP contribution in [-0.4, -0.2) is 18.7 Å². The van der Waals surface area contributed by atoms with Gasteiger partial charge in [0.15, 0.2) is 0 Å². The predicted octanol–water partition coefficient (Wildman–Crippen LogP) is 4.94. The maximum atomic E-state index is 11.9. The van der Waals surface area contributed by atoms with Crippen LogP contribution in [0.2, 0.25) is 0 Å². The van der Waals surface area contributed by atoms with Crippen LogP contribution >= 0.6 is 6.19 Å². The molecule has 0 radical (unpaired) electrons. The molecule has 0 saturated carbocycles. The maximum absolute atomic E-state index is 11.9. The quantitative estimate of drug-likeness (QED) is 0.297. The SMILES string of the molecule is CCOC(=O)/C=C/C1CC(NP(=S)(c2ccccc2)c2ccccc2)c2cc(C)ccc2O1. The third-order valence-electron chi connectivity index (χ3n) is 5.60. The van der Waals surface area contributed by atoms with Gasteiger partial charge in [-0.2, -0.15) is 0 Å². The molecule has 1 aliphatic heterocycles. The highest BCUT2D eigenvalue weighted by Gasteiger charge is 2.32. The summed E-state index contributed by atoms with van der Waals surface area (Å²) in [5, 5.41) is 6.12. The Bertz CT molecular complexity index is 1140. The van der Waals surface area contributed by atoms with Crippen molar-refractivity contribution >= 4 is 34.6 Å². The third-order valence-corrected chi connectivity index (χ3v) is 9.90. The molecule has 6 heteroatoms. The van der Waals surface area contributed by atoms with Gasteiger partial charge in [0.1, 0.15) is 11.9 Å². The van der Waals surface area contributed by atoms with Crippen LogP contribution in [0, 0.1) is 6.92 Å². The number of hydrogen-bond acceptors (Lipinski definition) is 4. The first-order valence-corrected chi connectivity index (χ1v) is 13.9. The molecule has 1 heterocycles. The van der Waals surface area contributed by atoms with Gasteiger partial charge in [0.05, 0.1) is 12.8 Å². The summed E-state index contributed by atoms with van der Waals surface area (Å²) in [5.41, 5.74) is 2.26. The maximum Gasteiger partial charge on any atom is 0.330 e. The summed E-state index contributed by atoms with van der Waals surface area (Å²) in [7, 11) is 0. The van der Waals surface area contributed by atoms with Crippen LogP contribution in [0.1, 0.15) is 30.5 Å². The molecule has 0 fully saturated rings. The molecule has 0 saturated heterocycles. The zero-order valence-corrected chi connectivity index (χ0v) is 20.5. The molecule has 0 aromatic heterocycles. The Morgan fingerprint density at radius 3 is 2.33 bits per heavy atom. The molecule has 4 rings (SSSR count). The van der Waals surface area contributed by atoms with Gasteiger partial charge in [-0.3, -0.25) is 5.09 Å². The number of aryl methyl sites for hydroxylation is 1. The van der Waals surface area contributed by atoms with E-state index >= 15 is 0 Å². The fourth-order valence-corrected chi connectivity index (χ4v) is 7.60. The number of hydrogen-bond donors (Lipinski definition) is 1. The smallest absolute Gasteiger partial charge is 0.330 e. The first-order chi connectivity index (χ1) is 16.0. The van der Waals surface area contributed by atoms with Gasteiger partial charge in [0.2, 0.25) is 0 Å². The second-order valence-electron chi connectivity index (χ2n) is 8.01. The molecule has 1 aliphatic rings. The van der Waals surface area contributed by atoms with Crippen molar-refractivity contribution in [2.75, 3.05) is 6.61 Å². The van der Waals surface area contributed by atoms with Crippen molar-refractivity contribution in [3.63, 3.8) is 0 Å². The fraction of sp³-hybridized carbons (Fsp3) is 0.222. The standard InChI is InChI=1S/C27H28NO3PS/c1-3-30-27(29)17-15-21-19-25(24-18-20(2)14-16-26(24)31-21)28-32(33,22-10-6-4-7-11-22)23-12-8-5-9-13-23/h4-18,21,25H,3,19H2,1-2H3,(H,28,33)/b17-15+. The lowest BCUT2D eigenvalue weighted by Crippen LogP contribution is -2.35. The number of carbonyl (C=O) groups excluding carboxylic acids is 1. The first-order valence-electron chi connectivity index (χ1n) is 11.1. The Morgan fingerprint density at radius 1 is 1.09 bits per heavy atom. The number of nitrogens with one attached hydrogen (secondary N) is 1. The highest BCUT2D eigenvalue weighted by molar-refractivity contribution is 8.20. The van der Waals surface area contributed by atoms with E-state index in [9.17, 15) is 4.79 Å². The highest BCUT2D eigenvalue weighted by atomic mass is 32.4. The Morgan fingerprint density at radius 2 is 1.73 bits per heavy atom. The van der Waals surface area contributed by atoms with Gasteiger partial charge in [0.25, 0.3) is 0 Å². The summed E-state index contributed by atoms with van der Waals surface area (Å²) in [6.45, 7) is 4.22. The monoisotopic (exact) mass is 477 g/mol. The van der Waals surface area contributed by atoms with Gasteiger partial charge in [0, 0.05) is 34.7 Å². The lowest BCUT2D eigenvalue weighted by atomic mass is 9.95. The van der Waals surface area contributed by atoms with Crippen LogP contribution in [0.4, 0.5) is 0 Å². The van der Waals surface area contributed by atoms with Gasteiger partial charge < -0.3 is 9.47 Å². The van der Waals surface area contributed by atoms with Crippen LogP contribution in [0.25, 0.3) is 0 Å². The van der Waals surface area contributed by atoms with E-state index in [1.165, 1.54) is 6.08 Å². The van der Waals surface area contributed by atoms with Crippen LogP contribution in [0.15, 0.2) is 91.0 Å². The van der Waals surface area contributed by atoms with Crippen LogP contribution < -0.4 is 20.4 Å². The first kappa shape index (κ1) is 23.4. The van der Waals surface area contributed by atoms with E-state index in [0.717, 1.165) is 27.5 Å². The molecule has 170 valence electrons. The van der Waals surface area contributed by atoms with Gasteiger partial charge in [-0.05, 0) is 26.0 Å². The Balaban J connectivity index is 1.72. The molecular weight excluding hydrogens is 449 g/mol. The van der Waals surface area contributed by atoms with Crippen molar-refractivity contribution in [1.82, 2.24) is 5.09 Å². The highest BCUT2D eigenvalue weighted by Crippen LogP contribution is 2.46. The summed E-state index contributed by atoms with van der Waals surface area (Å²) in [4.78, 5) is 11.9. The summed E-state index contributed by atoms with van der Waals surface area (Å²) in [6.07, 6.45) is 1.30. The predicted molar refractivity (Wildman–Crippen MR) is 138 cm³/mol. The zero-order valence-electron chi connectivity index (χ0n) is 18.8. The Kier molecular flexibility index (Phi) is 7.44. The normalized spacial score (nSPS) is 17.9.